The molecular formula is C17H14O3. The minimum absolute atomic E-state index is 0.0909. The maximum atomic E-state index is 12.5. The Balaban J connectivity index is 2.18. The van der Waals surface area contributed by atoms with Crippen LogP contribution in [0.5, 0.6) is 0 Å². The van der Waals surface area contributed by atoms with Gasteiger partial charge in [-0.15, -0.1) is 0 Å². The summed E-state index contributed by atoms with van der Waals surface area (Å²) in [6, 6.07) is 12.3. The van der Waals surface area contributed by atoms with Crippen molar-refractivity contribution in [1.82, 2.24) is 0 Å². The molecule has 0 amide bonds. The quantitative estimate of drug-likeness (QED) is 0.715. The van der Waals surface area contributed by atoms with E-state index in [-0.39, 0.29) is 17.7 Å². The van der Waals surface area contributed by atoms with Gasteiger partial charge in [0.2, 0.25) is 0 Å². The zero-order chi connectivity index (χ0) is 14.3. The van der Waals surface area contributed by atoms with Gasteiger partial charge in [0, 0.05) is 29.4 Å². The Morgan fingerprint density at radius 2 is 1.40 bits per heavy atom. The van der Waals surface area contributed by atoms with E-state index in [0.717, 1.165) is 5.56 Å². The zero-order valence-electron chi connectivity index (χ0n) is 11.3. The van der Waals surface area contributed by atoms with E-state index >= 15 is 0 Å². The minimum Gasteiger partial charge on any atom is -0.377 e. The van der Waals surface area contributed by atoms with E-state index < -0.39 is 0 Å². The summed E-state index contributed by atoms with van der Waals surface area (Å²) in [6.45, 7) is 1.91. The molecule has 0 spiro atoms. The van der Waals surface area contributed by atoms with Crippen molar-refractivity contribution in [1.29, 1.82) is 0 Å². The summed E-state index contributed by atoms with van der Waals surface area (Å²) >= 11 is 0. The molecule has 3 rings (SSSR count). The molecule has 1 aliphatic rings. The van der Waals surface area contributed by atoms with Crippen molar-refractivity contribution in [2.45, 2.75) is 13.0 Å². The monoisotopic (exact) mass is 266 g/mol. The second-order valence-corrected chi connectivity index (χ2v) is 4.89. The van der Waals surface area contributed by atoms with Crippen molar-refractivity contribution < 1.29 is 14.3 Å². The summed E-state index contributed by atoms with van der Waals surface area (Å²) in [4.78, 5) is 24.9. The fraction of sp³-hybridized carbons (Fsp3) is 0.176. The number of rotatable bonds is 2. The average molecular weight is 266 g/mol. The van der Waals surface area contributed by atoms with Gasteiger partial charge in [0.15, 0.2) is 11.6 Å². The summed E-state index contributed by atoms with van der Waals surface area (Å²) in [5.41, 5.74) is 2.80. The van der Waals surface area contributed by atoms with Crippen LogP contribution >= 0.6 is 0 Å². The number of carbonyl (C=O) groups is 2. The summed E-state index contributed by atoms with van der Waals surface area (Å²) in [5.74, 6) is -0.188. The molecule has 0 saturated heterocycles. The Morgan fingerprint density at radius 1 is 0.850 bits per heavy atom. The normalized spacial score (nSPS) is 14.7. The largest absolute Gasteiger partial charge is 0.377 e. The summed E-state index contributed by atoms with van der Waals surface area (Å²) < 4.78 is 5.26. The first-order valence-corrected chi connectivity index (χ1v) is 6.48. The van der Waals surface area contributed by atoms with Crippen LogP contribution < -0.4 is 0 Å². The molecular weight excluding hydrogens is 252 g/mol. The number of fused-ring (bicyclic) bond motifs is 2. The smallest absolute Gasteiger partial charge is 0.194 e. The lowest BCUT2D eigenvalue weighted by atomic mass is 9.83. The molecule has 0 saturated carbocycles. The molecule has 3 heteroatoms. The SMILES string of the molecule is COC(C)c1ccc2c(c1)C(=O)c1ccccc1C2=O. The van der Waals surface area contributed by atoms with Gasteiger partial charge in [-0.25, -0.2) is 0 Å². The highest BCUT2D eigenvalue weighted by atomic mass is 16.5. The molecule has 2 aromatic carbocycles. The predicted octanol–water partition coefficient (Wildman–Crippen LogP) is 3.17. The van der Waals surface area contributed by atoms with Crippen molar-refractivity contribution >= 4 is 11.6 Å². The predicted molar refractivity (Wildman–Crippen MR) is 75.2 cm³/mol. The van der Waals surface area contributed by atoms with Crippen LogP contribution in [0.2, 0.25) is 0 Å². The molecule has 0 aromatic heterocycles. The molecule has 20 heavy (non-hydrogen) atoms. The summed E-state index contributed by atoms with van der Waals surface area (Å²) in [7, 11) is 1.62. The van der Waals surface area contributed by atoms with E-state index in [0.29, 0.717) is 22.3 Å². The first-order valence-electron chi connectivity index (χ1n) is 6.48. The number of benzene rings is 2. The Kier molecular flexibility index (Phi) is 2.99. The van der Waals surface area contributed by atoms with Gasteiger partial charge in [0.05, 0.1) is 6.10 Å². The Bertz CT molecular complexity index is 716. The van der Waals surface area contributed by atoms with Gasteiger partial charge in [-0.2, -0.15) is 0 Å². The molecule has 2 aromatic rings. The summed E-state index contributed by atoms with van der Waals surface area (Å²) in [5, 5.41) is 0. The second-order valence-electron chi connectivity index (χ2n) is 4.89. The fourth-order valence-electron chi connectivity index (χ4n) is 2.51. The Hall–Kier alpha value is -2.26. The Morgan fingerprint density at radius 3 is 2.00 bits per heavy atom. The van der Waals surface area contributed by atoms with E-state index in [1.54, 1.807) is 43.5 Å². The number of carbonyl (C=O) groups excluding carboxylic acids is 2. The van der Waals surface area contributed by atoms with E-state index in [1.165, 1.54) is 0 Å². The third-order valence-corrected chi connectivity index (χ3v) is 3.77. The maximum absolute atomic E-state index is 12.5. The van der Waals surface area contributed by atoms with Crippen LogP contribution in [0.25, 0.3) is 0 Å². The van der Waals surface area contributed by atoms with Gasteiger partial charge >= 0.3 is 0 Å². The number of methoxy groups -OCH3 is 1. The number of hydrogen-bond acceptors (Lipinski definition) is 3. The van der Waals surface area contributed by atoms with Crippen LogP contribution in [0.3, 0.4) is 0 Å². The van der Waals surface area contributed by atoms with Crippen molar-refractivity contribution in [3.8, 4) is 0 Å². The number of hydrogen-bond donors (Lipinski definition) is 0. The highest BCUT2D eigenvalue weighted by molar-refractivity contribution is 6.28. The van der Waals surface area contributed by atoms with E-state index in [9.17, 15) is 9.59 Å². The third kappa shape index (κ3) is 1.79. The van der Waals surface area contributed by atoms with Crippen LogP contribution in [-0.4, -0.2) is 18.7 Å². The highest BCUT2D eigenvalue weighted by Crippen LogP contribution is 2.29. The average Bonchev–Trinajstić information content (AvgIpc) is 2.51. The zero-order valence-corrected chi connectivity index (χ0v) is 11.3. The lowest BCUT2D eigenvalue weighted by Gasteiger charge is -2.19. The van der Waals surface area contributed by atoms with Gasteiger partial charge in [-0.1, -0.05) is 30.3 Å². The molecule has 100 valence electrons. The lowest BCUT2D eigenvalue weighted by Crippen LogP contribution is -2.21. The molecule has 3 nitrogen and oxygen atoms in total. The molecule has 0 heterocycles. The van der Waals surface area contributed by atoms with Crippen LogP contribution in [0.4, 0.5) is 0 Å². The topological polar surface area (TPSA) is 43.4 Å². The molecule has 1 unspecified atom stereocenters. The third-order valence-electron chi connectivity index (χ3n) is 3.77. The van der Waals surface area contributed by atoms with Gasteiger partial charge in [0.1, 0.15) is 0 Å². The van der Waals surface area contributed by atoms with Crippen LogP contribution in [0.15, 0.2) is 42.5 Å². The van der Waals surface area contributed by atoms with E-state index in [2.05, 4.69) is 0 Å². The van der Waals surface area contributed by atoms with Crippen molar-refractivity contribution in [2.24, 2.45) is 0 Å². The van der Waals surface area contributed by atoms with Gasteiger partial charge in [-0.05, 0) is 24.6 Å². The molecule has 0 fully saturated rings. The standard InChI is InChI=1S/C17H14O3/c1-10(20-2)11-7-8-14-15(9-11)17(19)13-6-4-3-5-12(13)16(14)18/h3-10H,1-2H3. The summed E-state index contributed by atoms with van der Waals surface area (Å²) in [6.07, 6.45) is -0.111. The molecule has 0 aliphatic heterocycles. The fourth-order valence-corrected chi connectivity index (χ4v) is 2.51. The van der Waals surface area contributed by atoms with E-state index in [4.69, 9.17) is 4.74 Å². The van der Waals surface area contributed by atoms with Crippen molar-refractivity contribution in [3.05, 3.63) is 70.3 Å². The van der Waals surface area contributed by atoms with Gasteiger partial charge in [-0.3, -0.25) is 9.59 Å². The molecule has 0 bridgehead atoms. The first-order chi connectivity index (χ1) is 9.63. The number of ether oxygens (including phenoxy) is 1. The van der Waals surface area contributed by atoms with Crippen molar-refractivity contribution in [2.75, 3.05) is 7.11 Å². The second kappa shape index (κ2) is 4.69. The molecule has 1 aliphatic carbocycles. The first kappa shape index (κ1) is 12.8. The van der Waals surface area contributed by atoms with Crippen LogP contribution in [0.1, 0.15) is 50.4 Å². The molecule has 0 radical (unpaired) electrons. The van der Waals surface area contributed by atoms with E-state index in [1.807, 2.05) is 13.0 Å². The van der Waals surface area contributed by atoms with Gasteiger partial charge in [0.25, 0.3) is 0 Å². The maximum Gasteiger partial charge on any atom is 0.194 e. The Labute approximate surface area is 117 Å². The van der Waals surface area contributed by atoms with Crippen molar-refractivity contribution in [3.63, 3.8) is 0 Å². The highest BCUT2D eigenvalue weighted by Gasteiger charge is 2.29. The molecule has 1 atom stereocenters. The van der Waals surface area contributed by atoms with Crippen LogP contribution in [0, 0.1) is 0 Å². The van der Waals surface area contributed by atoms with Crippen LogP contribution in [-0.2, 0) is 4.74 Å². The minimum atomic E-state index is -0.111. The van der Waals surface area contributed by atoms with Gasteiger partial charge < -0.3 is 4.74 Å². The molecule has 0 N–H and O–H groups in total. The number of ketones is 2. The lowest BCUT2D eigenvalue weighted by molar-refractivity contribution is 0.0977.